The quantitative estimate of drug-likeness (QED) is 0.876. The van der Waals surface area contributed by atoms with Crippen LogP contribution in [0.25, 0.3) is 0 Å². The SMILES string of the molecule is COc1ccc([C@H](C)N)c(OCc2ccc(Br)cc2F)c1. The molecule has 2 aromatic carbocycles. The van der Waals surface area contributed by atoms with Crippen LogP contribution in [-0.4, -0.2) is 7.11 Å². The first kappa shape index (κ1) is 15.8. The highest BCUT2D eigenvalue weighted by molar-refractivity contribution is 9.10. The van der Waals surface area contributed by atoms with Crippen LogP contribution in [0.3, 0.4) is 0 Å². The van der Waals surface area contributed by atoms with Crippen LogP contribution >= 0.6 is 15.9 Å². The van der Waals surface area contributed by atoms with Gasteiger partial charge in [0, 0.05) is 27.7 Å². The van der Waals surface area contributed by atoms with Crippen LogP contribution in [-0.2, 0) is 6.61 Å². The van der Waals surface area contributed by atoms with Gasteiger partial charge in [-0.25, -0.2) is 4.39 Å². The largest absolute Gasteiger partial charge is 0.497 e. The molecule has 0 heterocycles. The van der Waals surface area contributed by atoms with E-state index in [4.69, 9.17) is 15.2 Å². The topological polar surface area (TPSA) is 44.5 Å². The third-order valence-electron chi connectivity index (χ3n) is 3.11. The Morgan fingerprint density at radius 2 is 2.00 bits per heavy atom. The molecule has 21 heavy (non-hydrogen) atoms. The van der Waals surface area contributed by atoms with E-state index < -0.39 is 0 Å². The maximum atomic E-state index is 13.8. The van der Waals surface area contributed by atoms with Gasteiger partial charge in [-0.2, -0.15) is 0 Å². The molecule has 0 amide bonds. The molecular weight excluding hydrogens is 337 g/mol. The van der Waals surface area contributed by atoms with Crippen molar-refractivity contribution < 1.29 is 13.9 Å². The molecule has 0 saturated carbocycles. The number of benzene rings is 2. The fourth-order valence-corrected chi connectivity index (χ4v) is 2.27. The number of nitrogens with two attached hydrogens (primary N) is 1. The smallest absolute Gasteiger partial charge is 0.130 e. The van der Waals surface area contributed by atoms with E-state index in [2.05, 4.69) is 15.9 Å². The Morgan fingerprint density at radius 3 is 2.62 bits per heavy atom. The van der Waals surface area contributed by atoms with Gasteiger partial charge in [0.25, 0.3) is 0 Å². The van der Waals surface area contributed by atoms with Crippen molar-refractivity contribution in [2.45, 2.75) is 19.6 Å². The predicted octanol–water partition coefficient (Wildman–Crippen LogP) is 4.20. The van der Waals surface area contributed by atoms with Gasteiger partial charge in [-0.3, -0.25) is 0 Å². The highest BCUT2D eigenvalue weighted by atomic mass is 79.9. The van der Waals surface area contributed by atoms with E-state index in [0.29, 0.717) is 21.5 Å². The Balaban J connectivity index is 2.22. The second kappa shape index (κ2) is 6.91. The molecule has 0 radical (unpaired) electrons. The Kier molecular flexibility index (Phi) is 5.20. The fourth-order valence-electron chi connectivity index (χ4n) is 1.94. The summed E-state index contributed by atoms with van der Waals surface area (Å²) in [5.41, 5.74) is 7.26. The predicted molar refractivity (Wildman–Crippen MR) is 84.0 cm³/mol. The van der Waals surface area contributed by atoms with Crippen LogP contribution in [0.15, 0.2) is 40.9 Å². The van der Waals surface area contributed by atoms with Gasteiger partial charge >= 0.3 is 0 Å². The number of ether oxygens (including phenoxy) is 2. The van der Waals surface area contributed by atoms with Gasteiger partial charge in [-0.05, 0) is 25.1 Å². The Labute approximate surface area is 132 Å². The average Bonchev–Trinajstić information content (AvgIpc) is 2.45. The van der Waals surface area contributed by atoms with Crippen LogP contribution in [0.1, 0.15) is 24.1 Å². The molecule has 0 spiro atoms. The van der Waals surface area contributed by atoms with Crippen LogP contribution in [0.2, 0.25) is 0 Å². The fraction of sp³-hybridized carbons (Fsp3) is 0.250. The average molecular weight is 354 g/mol. The highest BCUT2D eigenvalue weighted by Crippen LogP contribution is 2.29. The normalized spacial score (nSPS) is 12.0. The molecule has 2 N–H and O–H groups in total. The maximum Gasteiger partial charge on any atom is 0.130 e. The number of methoxy groups -OCH3 is 1. The number of hydrogen-bond acceptors (Lipinski definition) is 3. The molecule has 0 aliphatic heterocycles. The van der Waals surface area contributed by atoms with E-state index in [1.165, 1.54) is 6.07 Å². The lowest BCUT2D eigenvalue weighted by Crippen LogP contribution is -2.08. The third kappa shape index (κ3) is 3.95. The van der Waals surface area contributed by atoms with E-state index in [1.54, 1.807) is 25.3 Å². The molecule has 112 valence electrons. The van der Waals surface area contributed by atoms with Gasteiger partial charge < -0.3 is 15.2 Å². The van der Waals surface area contributed by atoms with Crippen LogP contribution < -0.4 is 15.2 Å². The molecule has 5 heteroatoms. The first-order valence-corrected chi connectivity index (χ1v) is 7.31. The van der Waals surface area contributed by atoms with Gasteiger partial charge in [0.2, 0.25) is 0 Å². The molecule has 0 aliphatic carbocycles. The van der Waals surface area contributed by atoms with Crippen molar-refractivity contribution in [3.63, 3.8) is 0 Å². The zero-order valence-corrected chi connectivity index (χ0v) is 13.5. The molecule has 1 atom stereocenters. The van der Waals surface area contributed by atoms with Crippen LogP contribution in [0.5, 0.6) is 11.5 Å². The lowest BCUT2D eigenvalue weighted by Gasteiger charge is -2.15. The molecule has 2 rings (SSSR count). The van der Waals surface area contributed by atoms with Crippen molar-refractivity contribution in [3.8, 4) is 11.5 Å². The highest BCUT2D eigenvalue weighted by Gasteiger charge is 2.11. The third-order valence-corrected chi connectivity index (χ3v) is 3.60. The van der Waals surface area contributed by atoms with E-state index in [-0.39, 0.29) is 18.5 Å². The molecule has 2 aromatic rings. The lowest BCUT2D eigenvalue weighted by atomic mass is 10.1. The van der Waals surface area contributed by atoms with E-state index in [9.17, 15) is 4.39 Å². The van der Waals surface area contributed by atoms with E-state index in [1.807, 2.05) is 19.1 Å². The monoisotopic (exact) mass is 353 g/mol. The Hall–Kier alpha value is -1.59. The summed E-state index contributed by atoms with van der Waals surface area (Å²) in [5, 5.41) is 0. The number of halogens is 2. The zero-order valence-electron chi connectivity index (χ0n) is 11.9. The van der Waals surface area contributed by atoms with Gasteiger partial charge in [0.1, 0.15) is 23.9 Å². The molecule has 0 fully saturated rings. The second-order valence-electron chi connectivity index (χ2n) is 4.72. The summed E-state index contributed by atoms with van der Waals surface area (Å²) in [6, 6.07) is 10.1. The second-order valence-corrected chi connectivity index (χ2v) is 5.63. The van der Waals surface area contributed by atoms with E-state index in [0.717, 1.165) is 5.56 Å². The molecular formula is C16H17BrFNO2. The lowest BCUT2D eigenvalue weighted by molar-refractivity contribution is 0.293. The number of hydrogen-bond donors (Lipinski definition) is 1. The minimum Gasteiger partial charge on any atom is -0.497 e. The summed E-state index contributed by atoms with van der Waals surface area (Å²) < 4.78 is 25.4. The van der Waals surface area contributed by atoms with Gasteiger partial charge in [0.15, 0.2) is 0 Å². The molecule has 0 aliphatic rings. The summed E-state index contributed by atoms with van der Waals surface area (Å²) in [6.07, 6.45) is 0. The minimum atomic E-state index is -0.311. The summed E-state index contributed by atoms with van der Waals surface area (Å²) in [6.45, 7) is 2.00. The summed E-state index contributed by atoms with van der Waals surface area (Å²) in [7, 11) is 1.58. The van der Waals surface area contributed by atoms with Crippen LogP contribution in [0, 0.1) is 5.82 Å². The number of rotatable bonds is 5. The van der Waals surface area contributed by atoms with Crippen LogP contribution in [0.4, 0.5) is 4.39 Å². The standard InChI is InChI=1S/C16H17BrFNO2/c1-10(19)14-6-5-13(20-2)8-16(14)21-9-11-3-4-12(17)7-15(11)18/h3-8,10H,9,19H2,1-2H3/t10-/m0/s1. The maximum absolute atomic E-state index is 13.8. The summed E-state index contributed by atoms with van der Waals surface area (Å²) in [4.78, 5) is 0. The zero-order chi connectivity index (χ0) is 15.4. The minimum absolute atomic E-state index is 0.131. The Bertz CT molecular complexity index is 632. The molecule has 0 bridgehead atoms. The van der Waals surface area contributed by atoms with Crippen molar-refractivity contribution in [3.05, 3.63) is 57.8 Å². The van der Waals surface area contributed by atoms with Crippen molar-refractivity contribution in [1.82, 2.24) is 0 Å². The first-order valence-electron chi connectivity index (χ1n) is 6.51. The van der Waals surface area contributed by atoms with Crippen molar-refractivity contribution >= 4 is 15.9 Å². The van der Waals surface area contributed by atoms with Crippen molar-refractivity contribution in [2.24, 2.45) is 5.73 Å². The van der Waals surface area contributed by atoms with E-state index >= 15 is 0 Å². The van der Waals surface area contributed by atoms with Gasteiger partial charge in [0.05, 0.1) is 7.11 Å². The van der Waals surface area contributed by atoms with Gasteiger partial charge in [-0.15, -0.1) is 0 Å². The summed E-state index contributed by atoms with van der Waals surface area (Å²) >= 11 is 3.23. The molecule has 0 unspecified atom stereocenters. The molecule has 3 nitrogen and oxygen atoms in total. The Morgan fingerprint density at radius 1 is 1.24 bits per heavy atom. The van der Waals surface area contributed by atoms with Crippen molar-refractivity contribution in [1.29, 1.82) is 0 Å². The van der Waals surface area contributed by atoms with Gasteiger partial charge in [-0.1, -0.05) is 28.1 Å². The molecule has 0 saturated heterocycles. The molecule has 0 aromatic heterocycles. The first-order chi connectivity index (χ1) is 10.0. The van der Waals surface area contributed by atoms with Crippen molar-refractivity contribution in [2.75, 3.05) is 7.11 Å². The summed E-state index contributed by atoms with van der Waals surface area (Å²) in [5.74, 6) is 0.965.